The highest BCUT2D eigenvalue weighted by atomic mass is 19.1. The molecule has 2 N–H and O–H groups in total. The Kier molecular flexibility index (Phi) is 4.61. The fourth-order valence-electron chi connectivity index (χ4n) is 3.29. The fourth-order valence-corrected chi connectivity index (χ4v) is 3.29. The third kappa shape index (κ3) is 3.42. The van der Waals surface area contributed by atoms with Crippen LogP contribution in [0.5, 0.6) is 5.75 Å². The van der Waals surface area contributed by atoms with Gasteiger partial charge in [0.15, 0.2) is 5.75 Å². The zero-order chi connectivity index (χ0) is 19.0. The van der Waals surface area contributed by atoms with Gasteiger partial charge in [0.2, 0.25) is 5.95 Å². The SMILES string of the molecule is COc1cnc(Cn2c(N3CCC(F)C(N)C3)nc3cc(F)ccc32)nc1. The van der Waals surface area contributed by atoms with Crippen molar-refractivity contribution >= 4 is 17.0 Å². The van der Waals surface area contributed by atoms with E-state index in [0.29, 0.717) is 49.1 Å². The van der Waals surface area contributed by atoms with Crippen molar-refractivity contribution in [2.45, 2.75) is 25.2 Å². The van der Waals surface area contributed by atoms with Crippen LogP contribution in [-0.4, -0.2) is 51.9 Å². The first-order chi connectivity index (χ1) is 13.0. The van der Waals surface area contributed by atoms with Crippen LogP contribution in [0.3, 0.4) is 0 Å². The summed E-state index contributed by atoms with van der Waals surface area (Å²) in [6.45, 7) is 1.17. The van der Waals surface area contributed by atoms with Crippen molar-refractivity contribution in [3.05, 3.63) is 42.2 Å². The maximum absolute atomic E-state index is 13.8. The predicted octanol–water partition coefficient (Wildman–Crippen LogP) is 1.90. The number of benzene rings is 1. The average Bonchev–Trinajstić information content (AvgIpc) is 3.02. The monoisotopic (exact) mass is 374 g/mol. The van der Waals surface area contributed by atoms with Crippen LogP contribution in [-0.2, 0) is 6.54 Å². The first-order valence-corrected chi connectivity index (χ1v) is 8.70. The summed E-state index contributed by atoms with van der Waals surface area (Å²) in [5, 5.41) is 0. The number of aromatic nitrogens is 4. The molecule has 0 radical (unpaired) electrons. The molecule has 7 nitrogen and oxygen atoms in total. The molecular weight excluding hydrogens is 354 g/mol. The summed E-state index contributed by atoms with van der Waals surface area (Å²) in [4.78, 5) is 15.1. The Morgan fingerprint density at radius 3 is 2.78 bits per heavy atom. The molecule has 0 bridgehead atoms. The lowest BCUT2D eigenvalue weighted by molar-refractivity contribution is 0.243. The second kappa shape index (κ2) is 7.07. The molecule has 3 heterocycles. The average molecular weight is 374 g/mol. The topological polar surface area (TPSA) is 82.1 Å². The Hall–Kier alpha value is -2.81. The molecule has 2 unspecified atom stereocenters. The highest BCUT2D eigenvalue weighted by molar-refractivity contribution is 5.79. The van der Waals surface area contributed by atoms with E-state index in [-0.39, 0.29) is 5.82 Å². The third-order valence-electron chi connectivity index (χ3n) is 4.76. The largest absolute Gasteiger partial charge is 0.494 e. The van der Waals surface area contributed by atoms with Gasteiger partial charge in [-0.15, -0.1) is 0 Å². The van der Waals surface area contributed by atoms with Crippen LogP contribution < -0.4 is 15.4 Å². The molecule has 142 valence electrons. The Labute approximate surface area is 154 Å². The number of piperidine rings is 1. The van der Waals surface area contributed by atoms with Crippen molar-refractivity contribution in [2.24, 2.45) is 5.73 Å². The molecule has 0 saturated carbocycles. The van der Waals surface area contributed by atoms with Crippen LogP contribution in [0.15, 0.2) is 30.6 Å². The van der Waals surface area contributed by atoms with Crippen LogP contribution in [0.1, 0.15) is 12.2 Å². The smallest absolute Gasteiger partial charge is 0.207 e. The van der Waals surface area contributed by atoms with Crippen LogP contribution in [0.25, 0.3) is 11.0 Å². The van der Waals surface area contributed by atoms with Crippen LogP contribution in [0, 0.1) is 5.82 Å². The molecular formula is C18H20F2N6O. The number of fused-ring (bicyclic) bond motifs is 1. The van der Waals surface area contributed by atoms with E-state index < -0.39 is 12.2 Å². The molecule has 0 aliphatic carbocycles. The summed E-state index contributed by atoms with van der Waals surface area (Å²) in [6.07, 6.45) is 2.48. The van der Waals surface area contributed by atoms with Crippen molar-refractivity contribution in [2.75, 3.05) is 25.1 Å². The van der Waals surface area contributed by atoms with Crippen molar-refractivity contribution in [1.82, 2.24) is 19.5 Å². The molecule has 27 heavy (non-hydrogen) atoms. The molecule has 3 aromatic rings. The molecule has 0 amide bonds. The van der Waals surface area contributed by atoms with Gasteiger partial charge >= 0.3 is 0 Å². The lowest BCUT2D eigenvalue weighted by Crippen LogP contribution is -2.50. The van der Waals surface area contributed by atoms with E-state index in [2.05, 4.69) is 15.0 Å². The van der Waals surface area contributed by atoms with Gasteiger partial charge in [0.05, 0.1) is 43.1 Å². The number of hydrogen-bond donors (Lipinski definition) is 1. The summed E-state index contributed by atoms with van der Waals surface area (Å²) in [6, 6.07) is 3.86. The molecule has 1 aromatic carbocycles. The first-order valence-electron chi connectivity index (χ1n) is 8.70. The predicted molar refractivity (Wildman–Crippen MR) is 97.1 cm³/mol. The Bertz CT molecular complexity index is 945. The number of imidazole rings is 1. The van der Waals surface area contributed by atoms with Gasteiger partial charge in [-0.2, -0.15) is 0 Å². The number of methoxy groups -OCH3 is 1. The fraction of sp³-hybridized carbons (Fsp3) is 0.389. The Morgan fingerprint density at radius 1 is 1.30 bits per heavy atom. The number of nitrogens with two attached hydrogens (primary N) is 1. The normalized spacial score (nSPS) is 20.2. The maximum Gasteiger partial charge on any atom is 0.207 e. The molecule has 1 saturated heterocycles. The molecule has 1 aliphatic heterocycles. The van der Waals surface area contributed by atoms with Gasteiger partial charge in [-0.3, -0.25) is 0 Å². The molecule has 4 rings (SSSR count). The van der Waals surface area contributed by atoms with Crippen molar-refractivity contribution < 1.29 is 13.5 Å². The maximum atomic E-state index is 13.8. The lowest BCUT2D eigenvalue weighted by atomic mass is 10.1. The number of halogens is 2. The second-order valence-electron chi connectivity index (χ2n) is 6.58. The van der Waals surface area contributed by atoms with E-state index in [9.17, 15) is 8.78 Å². The van der Waals surface area contributed by atoms with Gasteiger partial charge in [0.1, 0.15) is 17.8 Å². The molecule has 9 heteroatoms. The van der Waals surface area contributed by atoms with E-state index in [1.165, 1.54) is 12.1 Å². The summed E-state index contributed by atoms with van der Waals surface area (Å²) in [5.74, 6) is 1.37. The van der Waals surface area contributed by atoms with Crippen molar-refractivity contribution in [3.63, 3.8) is 0 Å². The van der Waals surface area contributed by atoms with E-state index in [4.69, 9.17) is 10.5 Å². The molecule has 2 aromatic heterocycles. The summed E-state index contributed by atoms with van der Waals surface area (Å²) in [5.41, 5.74) is 7.18. The van der Waals surface area contributed by atoms with Crippen LogP contribution in [0.2, 0.25) is 0 Å². The van der Waals surface area contributed by atoms with Gasteiger partial charge < -0.3 is 19.9 Å². The quantitative estimate of drug-likeness (QED) is 0.751. The van der Waals surface area contributed by atoms with Gasteiger partial charge in [0, 0.05) is 19.2 Å². The highest BCUT2D eigenvalue weighted by Crippen LogP contribution is 2.27. The zero-order valence-corrected chi connectivity index (χ0v) is 14.8. The third-order valence-corrected chi connectivity index (χ3v) is 4.76. The van der Waals surface area contributed by atoms with Crippen LogP contribution in [0.4, 0.5) is 14.7 Å². The number of nitrogens with zero attached hydrogens (tertiary/aromatic N) is 5. The van der Waals surface area contributed by atoms with Gasteiger partial charge in [0.25, 0.3) is 0 Å². The first kappa shape index (κ1) is 17.6. The van der Waals surface area contributed by atoms with E-state index in [1.54, 1.807) is 25.6 Å². The van der Waals surface area contributed by atoms with Gasteiger partial charge in [-0.1, -0.05) is 0 Å². The minimum absolute atomic E-state index is 0.331. The molecule has 1 fully saturated rings. The second-order valence-corrected chi connectivity index (χ2v) is 6.58. The number of alkyl halides is 1. The van der Waals surface area contributed by atoms with Gasteiger partial charge in [-0.25, -0.2) is 23.7 Å². The van der Waals surface area contributed by atoms with Crippen LogP contribution >= 0.6 is 0 Å². The van der Waals surface area contributed by atoms with E-state index >= 15 is 0 Å². The van der Waals surface area contributed by atoms with E-state index in [1.807, 2.05) is 9.47 Å². The Balaban J connectivity index is 1.74. The minimum Gasteiger partial charge on any atom is -0.494 e. The molecule has 2 atom stereocenters. The summed E-state index contributed by atoms with van der Waals surface area (Å²) >= 11 is 0. The molecule has 1 aliphatic rings. The van der Waals surface area contributed by atoms with Crippen molar-refractivity contribution in [1.29, 1.82) is 0 Å². The summed E-state index contributed by atoms with van der Waals surface area (Å²) in [7, 11) is 1.55. The Morgan fingerprint density at radius 2 is 2.07 bits per heavy atom. The van der Waals surface area contributed by atoms with E-state index in [0.717, 1.165) is 5.52 Å². The zero-order valence-electron chi connectivity index (χ0n) is 14.8. The minimum atomic E-state index is -1.03. The standard InChI is InChI=1S/C18H20F2N6O/c1-27-12-7-22-17(23-8-12)10-26-16-3-2-11(19)6-15(16)24-18(26)25-5-4-13(20)14(21)9-25/h2-3,6-8,13-14H,4-5,9-10,21H2,1H3. The lowest BCUT2D eigenvalue weighted by Gasteiger charge is -2.34. The number of hydrogen-bond acceptors (Lipinski definition) is 6. The molecule has 0 spiro atoms. The van der Waals surface area contributed by atoms with Gasteiger partial charge in [-0.05, 0) is 18.6 Å². The number of rotatable bonds is 4. The summed E-state index contributed by atoms with van der Waals surface area (Å²) < 4.78 is 34.4. The number of ether oxygens (including phenoxy) is 1. The van der Waals surface area contributed by atoms with Crippen molar-refractivity contribution in [3.8, 4) is 5.75 Å². The highest BCUT2D eigenvalue weighted by Gasteiger charge is 2.29. The number of anilines is 1.